The number of hydrogen-bond acceptors (Lipinski definition) is 2. The van der Waals surface area contributed by atoms with Crippen LogP contribution in [0.2, 0.25) is 19.7 Å². The van der Waals surface area contributed by atoms with Crippen LogP contribution in [0.1, 0.15) is 0 Å². The summed E-state index contributed by atoms with van der Waals surface area (Å²) in [5.74, 6) is 0. The predicted molar refractivity (Wildman–Crippen MR) is 43.1 cm³/mol. The van der Waals surface area contributed by atoms with Crippen molar-refractivity contribution in [2.24, 2.45) is 0 Å². The molecule has 0 saturated carbocycles. The summed E-state index contributed by atoms with van der Waals surface area (Å²) in [4.78, 5) is 8.89. The van der Waals surface area contributed by atoms with Crippen LogP contribution in [0.4, 0.5) is 0 Å². The molecule has 0 N–H and O–H groups in total. The molecule has 0 radical (unpaired) electrons. The van der Waals surface area contributed by atoms with E-state index in [0.717, 1.165) is 0 Å². The topological polar surface area (TPSA) is 18.5 Å². The summed E-state index contributed by atoms with van der Waals surface area (Å²) in [5, 5.41) is 0. The molecule has 0 aromatic carbocycles. The number of rotatable bonds is 3. The number of hydrogen-bond donors (Lipinski definition) is 0. The fraction of sp³-hybridized carbons (Fsp3) is 1.00. The van der Waals surface area contributed by atoms with E-state index in [-0.39, 0.29) is 0 Å². The van der Waals surface area contributed by atoms with E-state index in [2.05, 4.69) is 19.7 Å². The van der Waals surface area contributed by atoms with Crippen molar-refractivity contribution in [2.75, 3.05) is 7.11 Å². The molecule has 0 aliphatic heterocycles. The van der Waals surface area contributed by atoms with E-state index in [1.54, 1.807) is 7.11 Å². The third kappa shape index (κ3) is 7.43. The first kappa shape index (κ1) is 10.5. The van der Waals surface area contributed by atoms with Gasteiger partial charge in [-0.3, -0.25) is 0 Å². The molecule has 0 aliphatic rings. The van der Waals surface area contributed by atoms with Crippen LogP contribution in [-0.2, 0) is 4.37 Å². The average Bonchev–Trinajstić information content (AvgIpc) is 1.62. The Bertz CT molecular complexity index is 81.5. The Balaban J connectivity index is 3.47. The summed E-state index contributed by atoms with van der Waals surface area (Å²) in [6.07, 6.45) is 0. The summed E-state index contributed by atoms with van der Waals surface area (Å²) >= 11 is -3.53. The fourth-order valence-corrected chi connectivity index (χ4v) is 19.0. The van der Waals surface area contributed by atoms with Gasteiger partial charge in [-0.1, -0.05) is 0 Å². The molecule has 0 spiro atoms. The Morgan fingerprint density at radius 1 is 1.22 bits per heavy atom. The van der Waals surface area contributed by atoms with Crippen LogP contribution in [0.5, 0.6) is 0 Å². The molecule has 0 bridgehead atoms. The molecule has 0 heterocycles. The fourth-order valence-electron chi connectivity index (χ4n) is 0.423. The van der Waals surface area contributed by atoms with Crippen LogP contribution in [0.25, 0.3) is 0 Å². The van der Waals surface area contributed by atoms with E-state index >= 15 is 0 Å². The minimum atomic E-state index is -1.93. The van der Waals surface area contributed by atoms with Crippen molar-refractivity contribution in [3.63, 3.8) is 0 Å². The molecule has 0 rings (SSSR count). The summed E-state index contributed by atoms with van der Waals surface area (Å²) in [7, 11) is 1.75. The van der Waals surface area contributed by atoms with Gasteiger partial charge in [0.25, 0.3) is 0 Å². The molecule has 4 heteroatoms. The van der Waals surface area contributed by atoms with Gasteiger partial charge in [0.05, 0.1) is 0 Å². The van der Waals surface area contributed by atoms with Gasteiger partial charge in [0.1, 0.15) is 0 Å². The molecular formula is C5H15O2SbSn. The van der Waals surface area contributed by atoms with E-state index in [4.69, 9.17) is 4.37 Å². The van der Waals surface area contributed by atoms with Gasteiger partial charge >= 0.3 is 71.0 Å². The van der Waals surface area contributed by atoms with Gasteiger partial charge in [0, 0.05) is 0 Å². The van der Waals surface area contributed by atoms with Crippen LogP contribution in [0.15, 0.2) is 0 Å². The molecule has 0 amide bonds. The zero-order chi connectivity index (χ0) is 7.49. The molecule has 0 aliphatic carbocycles. The van der Waals surface area contributed by atoms with Crippen molar-refractivity contribution >= 4 is 39.8 Å². The van der Waals surface area contributed by atoms with E-state index in [1.165, 1.54) is 0 Å². The molecule has 9 heavy (non-hydrogen) atoms. The van der Waals surface area contributed by atoms with Crippen molar-refractivity contribution in [3.8, 4) is 0 Å². The Morgan fingerprint density at radius 2 is 1.67 bits per heavy atom. The zero-order valence-corrected chi connectivity index (χ0v) is 12.2. The normalized spacial score (nSPS) is 12.7. The quantitative estimate of drug-likeness (QED) is 0.722. The maximum atomic E-state index is 5.76. The van der Waals surface area contributed by atoms with Gasteiger partial charge < -0.3 is 0 Å². The molecule has 56 valence electrons. The second-order valence-corrected chi connectivity index (χ2v) is 22.5. The second kappa shape index (κ2) is 4.42. The van der Waals surface area contributed by atoms with Crippen LogP contribution in [0.3, 0.4) is 0 Å². The van der Waals surface area contributed by atoms with Crippen LogP contribution < -0.4 is 0 Å². The molecule has 0 unspecified atom stereocenters. The van der Waals surface area contributed by atoms with E-state index in [9.17, 15) is 0 Å². The third-order valence-electron chi connectivity index (χ3n) is 0.660. The molecule has 0 fully saturated rings. The standard InChI is InChI=1S/CH3O.4CH3.O.Sb.Sn/c1-2;;;;;;;/h1H3;4*1H3;;;/q-1;;;;;;+1;. The van der Waals surface area contributed by atoms with Gasteiger partial charge in [-0.2, -0.15) is 0 Å². The molecule has 0 aromatic rings. The van der Waals surface area contributed by atoms with Gasteiger partial charge in [-0.25, -0.2) is 0 Å². The van der Waals surface area contributed by atoms with Gasteiger partial charge in [-0.05, 0) is 0 Å². The molecule has 0 atom stereocenters. The maximum absolute atomic E-state index is 5.76. The van der Waals surface area contributed by atoms with Gasteiger partial charge in [0.2, 0.25) is 0 Å². The van der Waals surface area contributed by atoms with Crippen molar-refractivity contribution in [1.29, 1.82) is 0 Å². The van der Waals surface area contributed by atoms with Gasteiger partial charge in [-0.15, -0.1) is 0 Å². The Kier molecular flexibility index (Phi) is 5.18. The SMILES string of the molecule is C[O][Sb]([CH3])[O][Sn]([CH3])([CH3])[CH3]. The molecular weight excluding hydrogens is 333 g/mol. The Labute approximate surface area is 70.4 Å². The molecule has 2 nitrogen and oxygen atoms in total. The van der Waals surface area contributed by atoms with Crippen LogP contribution in [-0.4, -0.2) is 47.0 Å². The van der Waals surface area contributed by atoms with Crippen molar-refractivity contribution in [3.05, 3.63) is 0 Å². The van der Waals surface area contributed by atoms with Gasteiger partial charge in [0.15, 0.2) is 0 Å². The predicted octanol–water partition coefficient (Wildman–Crippen LogP) is 1.60. The monoisotopic (exact) mass is 348 g/mol. The van der Waals surface area contributed by atoms with Crippen LogP contribution in [0, 0.1) is 0 Å². The van der Waals surface area contributed by atoms with E-state index in [0.29, 0.717) is 0 Å². The molecule has 0 saturated heterocycles. The Hall–Kier alpha value is 1.54. The summed E-state index contributed by atoms with van der Waals surface area (Å²) < 4.78 is 10.9. The average molecular weight is 348 g/mol. The summed E-state index contributed by atoms with van der Waals surface area (Å²) in [5.41, 5.74) is 0. The van der Waals surface area contributed by atoms with Crippen molar-refractivity contribution < 1.29 is 4.37 Å². The van der Waals surface area contributed by atoms with Crippen LogP contribution >= 0.6 is 0 Å². The first-order chi connectivity index (χ1) is 3.95. The van der Waals surface area contributed by atoms with Crippen molar-refractivity contribution in [2.45, 2.75) is 19.7 Å². The minimum absolute atomic E-state index is 1.60. The Morgan fingerprint density at radius 3 is 1.78 bits per heavy atom. The summed E-state index contributed by atoms with van der Waals surface area (Å²) in [6.45, 7) is 0. The first-order valence-corrected chi connectivity index (χ1v) is 17.3. The van der Waals surface area contributed by atoms with E-state index in [1.807, 2.05) is 0 Å². The zero-order valence-electron chi connectivity index (χ0n) is 6.76. The first-order valence-electron chi connectivity index (χ1n) is 2.92. The van der Waals surface area contributed by atoms with Crippen molar-refractivity contribution in [1.82, 2.24) is 0 Å². The molecule has 0 aromatic heterocycles. The summed E-state index contributed by atoms with van der Waals surface area (Å²) in [6, 6.07) is 0. The van der Waals surface area contributed by atoms with E-state index < -0.39 is 39.8 Å². The second-order valence-electron chi connectivity index (χ2n) is 2.83. The third-order valence-corrected chi connectivity index (χ3v) is 19.8.